The molecular weight excluding hydrogens is 442 g/mol. The average molecular weight is 477 g/mol. The smallest absolute Gasteiger partial charge is 0.303 e. The molecule has 1 aliphatic rings. The number of hydrogen-bond acceptors (Lipinski definition) is 4. The lowest BCUT2D eigenvalue weighted by Gasteiger charge is -2.31. The lowest BCUT2D eigenvalue weighted by molar-refractivity contribution is -0.138. The molecule has 1 amide bonds. The van der Waals surface area contributed by atoms with E-state index in [1.54, 1.807) is 23.3 Å². The van der Waals surface area contributed by atoms with Gasteiger partial charge in [-0.1, -0.05) is 30.3 Å². The third-order valence-electron chi connectivity index (χ3n) is 6.48. The third kappa shape index (κ3) is 6.32. The maximum absolute atomic E-state index is 13.5. The predicted octanol–water partition coefficient (Wildman–Crippen LogP) is 6.41. The van der Waals surface area contributed by atoms with Crippen LogP contribution in [0.15, 0.2) is 71.3 Å². The van der Waals surface area contributed by atoms with Crippen LogP contribution in [0.1, 0.15) is 63.2 Å². The van der Waals surface area contributed by atoms with Gasteiger partial charge in [-0.25, -0.2) is 0 Å². The molecule has 6 heteroatoms. The molecule has 0 radical (unpaired) electrons. The molecule has 0 spiro atoms. The van der Waals surface area contributed by atoms with Crippen molar-refractivity contribution in [2.45, 2.75) is 64.6 Å². The number of ether oxygens (including phenoxy) is 1. The van der Waals surface area contributed by atoms with Crippen molar-refractivity contribution in [1.82, 2.24) is 4.90 Å². The van der Waals surface area contributed by atoms with E-state index in [0.717, 1.165) is 37.0 Å². The first-order valence-electron chi connectivity index (χ1n) is 12.8. The lowest BCUT2D eigenvalue weighted by Crippen LogP contribution is -2.36. The highest BCUT2D eigenvalue weighted by Gasteiger charge is 2.26. The van der Waals surface area contributed by atoms with Crippen LogP contribution in [0.3, 0.4) is 0 Å². The molecule has 184 valence electrons. The van der Waals surface area contributed by atoms with Crippen molar-refractivity contribution in [1.29, 1.82) is 0 Å². The molecule has 1 aliphatic carbocycles. The van der Waals surface area contributed by atoms with Gasteiger partial charge < -0.3 is 19.2 Å². The molecule has 4 rings (SSSR count). The van der Waals surface area contributed by atoms with E-state index in [4.69, 9.17) is 15.6 Å². The van der Waals surface area contributed by atoms with E-state index in [-0.39, 0.29) is 30.4 Å². The second-order valence-corrected chi connectivity index (χ2v) is 9.39. The highest BCUT2D eigenvalue weighted by Crippen LogP contribution is 2.31. The van der Waals surface area contributed by atoms with Gasteiger partial charge in [0.15, 0.2) is 0 Å². The number of carboxylic acids is 1. The number of amides is 1. The average Bonchev–Trinajstić information content (AvgIpc) is 3.40. The Morgan fingerprint density at radius 2 is 1.77 bits per heavy atom. The number of benzene rings is 2. The van der Waals surface area contributed by atoms with Gasteiger partial charge in [0.2, 0.25) is 0 Å². The zero-order valence-electron chi connectivity index (χ0n) is 21.2. The van der Waals surface area contributed by atoms with Crippen LogP contribution in [0.25, 0.3) is 11.3 Å². The Kier molecular flexibility index (Phi) is 7.47. The van der Waals surface area contributed by atoms with Crippen molar-refractivity contribution < 1.29 is 25.2 Å². The molecule has 35 heavy (non-hydrogen) atoms. The molecule has 6 nitrogen and oxygen atoms in total. The largest absolute Gasteiger partial charge is 0.490 e. The number of aliphatic carboxylic acids is 1. The number of hydrogen-bond donors (Lipinski definition) is 1. The topological polar surface area (TPSA) is 80.0 Å². The summed E-state index contributed by atoms with van der Waals surface area (Å²) in [7, 11) is 0. The van der Waals surface area contributed by atoms with Crippen molar-refractivity contribution in [2.24, 2.45) is 5.92 Å². The maximum Gasteiger partial charge on any atom is 0.303 e. The van der Waals surface area contributed by atoms with Gasteiger partial charge in [-0.3, -0.25) is 9.59 Å². The summed E-state index contributed by atoms with van der Waals surface area (Å²) in [6.07, 6.45) is 4.98. The molecule has 1 aromatic heterocycles. The van der Waals surface area contributed by atoms with Crippen LogP contribution in [0.5, 0.6) is 5.75 Å². The molecule has 3 aromatic rings. The SMILES string of the molecule is [2H]C(c1ccccc1OC1CCC(CC(=O)O)CC1)N(C(=O)c1ccc(-c2ccco2)cc1)C(C)C. The Morgan fingerprint density at radius 1 is 1.06 bits per heavy atom. The first-order valence-corrected chi connectivity index (χ1v) is 12.2. The van der Waals surface area contributed by atoms with Gasteiger partial charge >= 0.3 is 5.97 Å². The molecule has 0 bridgehead atoms. The normalized spacial score (nSPS) is 19.1. The van der Waals surface area contributed by atoms with Crippen molar-refractivity contribution in [3.8, 4) is 17.1 Å². The molecule has 1 atom stereocenters. The maximum atomic E-state index is 13.5. The van der Waals surface area contributed by atoms with Gasteiger partial charge in [0.1, 0.15) is 11.5 Å². The van der Waals surface area contributed by atoms with Crippen molar-refractivity contribution in [3.63, 3.8) is 0 Å². The monoisotopic (exact) mass is 476 g/mol. The van der Waals surface area contributed by atoms with Crippen LogP contribution in [-0.4, -0.2) is 34.0 Å². The number of carbonyl (C=O) groups excluding carboxylic acids is 1. The van der Waals surface area contributed by atoms with E-state index < -0.39 is 12.5 Å². The fourth-order valence-electron chi connectivity index (χ4n) is 4.54. The highest BCUT2D eigenvalue weighted by atomic mass is 16.5. The fourth-order valence-corrected chi connectivity index (χ4v) is 4.54. The second-order valence-electron chi connectivity index (χ2n) is 9.39. The van der Waals surface area contributed by atoms with E-state index in [9.17, 15) is 9.59 Å². The Morgan fingerprint density at radius 3 is 2.40 bits per heavy atom. The van der Waals surface area contributed by atoms with Crippen molar-refractivity contribution >= 4 is 11.9 Å². The van der Waals surface area contributed by atoms with Gasteiger partial charge in [0.25, 0.3) is 5.91 Å². The fraction of sp³-hybridized carbons (Fsp3) is 0.379. The summed E-state index contributed by atoms with van der Waals surface area (Å²) in [5.41, 5.74) is 2.03. The summed E-state index contributed by atoms with van der Waals surface area (Å²) in [5.74, 6) is 0.549. The van der Waals surface area contributed by atoms with E-state index in [0.29, 0.717) is 16.9 Å². The molecule has 1 N–H and O–H groups in total. The zero-order chi connectivity index (χ0) is 25.7. The van der Waals surface area contributed by atoms with E-state index in [2.05, 4.69) is 0 Å². The Balaban J connectivity index is 1.49. The quantitative estimate of drug-likeness (QED) is 0.386. The second kappa shape index (κ2) is 11.3. The Bertz CT molecular complexity index is 1150. The molecule has 1 unspecified atom stereocenters. The van der Waals surface area contributed by atoms with Crippen LogP contribution < -0.4 is 4.74 Å². The zero-order valence-corrected chi connectivity index (χ0v) is 20.2. The molecular formula is C29H33NO5. The highest BCUT2D eigenvalue weighted by molar-refractivity contribution is 5.94. The van der Waals surface area contributed by atoms with Crippen molar-refractivity contribution in [3.05, 3.63) is 78.1 Å². The van der Waals surface area contributed by atoms with Crippen LogP contribution in [0, 0.1) is 5.92 Å². The molecule has 2 aromatic carbocycles. The minimum absolute atomic E-state index is 0.0271. The van der Waals surface area contributed by atoms with Gasteiger partial charge in [0, 0.05) is 35.7 Å². The first kappa shape index (κ1) is 23.2. The van der Waals surface area contributed by atoms with Crippen molar-refractivity contribution in [2.75, 3.05) is 0 Å². The van der Waals surface area contributed by atoms with Gasteiger partial charge in [0.05, 0.1) is 13.7 Å². The number of rotatable bonds is 9. The van der Waals surface area contributed by atoms with Crippen LogP contribution in [0.2, 0.25) is 0 Å². The summed E-state index contributed by atoms with van der Waals surface area (Å²) >= 11 is 0. The number of carbonyl (C=O) groups is 2. The summed E-state index contributed by atoms with van der Waals surface area (Å²) < 4.78 is 20.8. The molecule has 1 heterocycles. The summed E-state index contributed by atoms with van der Waals surface area (Å²) in [6.45, 7) is 2.87. The molecule has 0 aliphatic heterocycles. The van der Waals surface area contributed by atoms with Crippen LogP contribution in [0.4, 0.5) is 0 Å². The minimum Gasteiger partial charge on any atom is -0.490 e. The molecule has 1 saturated carbocycles. The number of nitrogens with zero attached hydrogens (tertiary/aromatic N) is 1. The van der Waals surface area contributed by atoms with E-state index in [1.807, 2.05) is 62.4 Å². The number of para-hydroxylation sites is 1. The van der Waals surface area contributed by atoms with E-state index in [1.165, 1.54) is 0 Å². The first-order chi connectivity index (χ1) is 17.3. The van der Waals surface area contributed by atoms with Gasteiger partial charge in [-0.05, 0) is 75.8 Å². The standard InChI is InChI=1S/C29H33NO5/c1-20(2)30(29(33)23-13-11-22(12-14-23)26-8-5-17-34-26)19-24-6-3-4-7-27(24)35-25-15-9-21(10-16-25)18-28(31)32/h3-8,11-14,17,20-21,25H,9-10,15-16,18-19H2,1-2H3,(H,31,32)/i19D. The minimum atomic E-state index is -0.943. The molecule has 0 saturated heterocycles. The summed E-state index contributed by atoms with van der Waals surface area (Å²) in [6, 6.07) is 18.1. The lowest BCUT2D eigenvalue weighted by atomic mass is 9.85. The van der Waals surface area contributed by atoms with Gasteiger partial charge in [-0.15, -0.1) is 0 Å². The Labute approximate surface area is 207 Å². The molecule has 1 fully saturated rings. The van der Waals surface area contributed by atoms with Crippen LogP contribution in [-0.2, 0) is 11.3 Å². The van der Waals surface area contributed by atoms with Crippen LogP contribution >= 0.6 is 0 Å². The van der Waals surface area contributed by atoms with E-state index >= 15 is 0 Å². The third-order valence-corrected chi connectivity index (χ3v) is 6.48. The predicted molar refractivity (Wildman–Crippen MR) is 134 cm³/mol. The summed E-state index contributed by atoms with van der Waals surface area (Å²) in [4.78, 5) is 26.1. The summed E-state index contributed by atoms with van der Waals surface area (Å²) in [5, 5.41) is 9.06. The van der Waals surface area contributed by atoms with Gasteiger partial charge in [-0.2, -0.15) is 0 Å². The number of carboxylic acid groups (broad SMARTS) is 1. The number of furan rings is 1. The Hall–Kier alpha value is -3.54.